The Hall–Kier alpha value is -2.43. The summed E-state index contributed by atoms with van der Waals surface area (Å²) in [6.07, 6.45) is 3.32. The van der Waals surface area contributed by atoms with Crippen molar-refractivity contribution < 1.29 is 9.59 Å². The molecule has 0 aromatic heterocycles. The SMILES string of the molecule is CC(=N)C1=C(C)C(=O)N(c2ccc(N3CCCCC3=O)cc2)CC1. The number of hydrogen-bond donors (Lipinski definition) is 1. The number of benzene rings is 1. The molecular weight excluding hydrogens is 302 g/mol. The lowest BCUT2D eigenvalue weighted by Crippen LogP contribution is -2.38. The third kappa shape index (κ3) is 2.98. The Morgan fingerprint density at radius 3 is 2.17 bits per heavy atom. The maximum absolute atomic E-state index is 12.6. The summed E-state index contributed by atoms with van der Waals surface area (Å²) in [4.78, 5) is 28.2. The second-order valence-corrected chi connectivity index (χ2v) is 6.45. The number of piperidine rings is 1. The molecule has 2 amide bonds. The van der Waals surface area contributed by atoms with Crippen LogP contribution in [0.1, 0.15) is 39.5 Å². The van der Waals surface area contributed by atoms with Crippen LogP contribution >= 0.6 is 0 Å². The summed E-state index contributed by atoms with van der Waals surface area (Å²) in [6.45, 7) is 4.88. The first-order valence-corrected chi connectivity index (χ1v) is 8.46. The fourth-order valence-electron chi connectivity index (χ4n) is 3.45. The van der Waals surface area contributed by atoms with Crippen LogP contribution in [0.2, 0.25) is 0 Å². The van der Waals surface area contributed by atoms with Crippen molar-refractivity contribution >= 4 is 28.9 Å². The first-order valence-electron chi connectivity index (χ1n) is 8.46. The maximum atomic E-state index is 12.6. The Morgan fingerprint density at radius 2 is 1.58 bits per heavy atom. The van der Waals surface area contributed by atoms with Gasteiger partial charge in [0, 0.05) is 42.2 Å². The van der Waals surface area contributed by atoms with E-state index in [0.717, 1.165) is 36.3 Å². The largest absolute Gasteiger partial charge is 0.312 e. The van der Waals surface area contributed by atoms with Gasteiger partial charge in [-0.2, -0.15) is 0 Å². The highest BCUT2D eigenvalue weighted by Gasteiger charge is 2.26. The minimum atomic E-state index is -0.0374. The molecule has 2 aliphatic rings. The lowest BCUT2D eigenvalue weighted by molar-refractivity contribution is -0.119. The molecule has 0 radical (unpaired) electrons. The highest BCUT2D eigenvalue weighted by atomic mass is 16.2. The quantitative estimate of drug-likeness (QED) is 0.867. The summed E-state index contributed by atoms with van der Waals surface area (Å²) < 4.78 is 0. The zero-order chi connectivity index (χ0) is 17.3. The van der Waals surface area contributed by atoms with Crippen molar-refractivity contribution in [1.29, 1.82) is 5.41 Å². The number of anilines is 2. The molecule has 5 heteroatoms. The zero-order valence-corrected chi connectivity index (χ0v) is 14.3. The van der Waals surface area contributed by atoms with Crippen molar-refractivity contribution in [1.82, 2.24) is 0 Å². The number of rotatable bonds is 3. The molecule has 1 N–H and O–H groups in total. The molecule has 0 unspecified atom stereocenters. The molecule has 1 aromatic carbocycles. The molecule has 126 valence electrons. The molecule has 2 aliphatic heterocycles. The molecule has 0 spiro atoms. The predicted molar refractivity (Wildman–Crippen MR) is 95.7 cm³/mol. The van der Waals surface area contributed by atoms with Crippen LogP contribution in [0.15, 0.2) is 35.4 Å². The lowest BCUT2D eigenvalue weighted by Gasteiger charge is -2.30. The highest BCUT2D eigenvalue weighted by Crippen LogP contribution is 2.28. The van der Waals surface area contributed by atoms with Crippen molar-refractivity contribution in [3.05, 3.63) is 35.4 Å². The van der Waals surface area contributed by atoms with E-state index in [1.165, 1.54) is 0 Å². The number of amides is 2. The van der Waals surface area contributed by atoms with E-state index in [0.29, 0.717) is 30.7 Å². The van der Waals surface area contributed by atoms with E-state index in [9.17, 15) is 9.59 Å². The molecule has 0 aliphatic carbocycles. The van der Waals surface area contributed by atoms with E-state index >= 15 is 0 Å². The molecule has 1 saturated heterocycles. The van der Waals surface area contributed by atoms with Crippen molar-refractivity contribution in [3.8, 4) is 0 Å². The van der Waals surface area contributed by atoms with Gasteiger partial charge in [-0.3, -0.25) is 9.59 Å². The van der Waals surface area contributed by atoms with Gasteiger partial charge in [0.1, 0.15) is 0 Å². The van der Waals surface area contributed by atoms with Crippen LogP contribution in [0.4, 0.5) is 11.4 Å². The van der Waals surface area contributed by atoms with Crippen LogP contribution in [0.5, 0.6) is 0 Å². The third-order valence-electron chi connectivity index (χ3n) is 4.85. The molecule has 1 fully saturated rings. The molecule has 0 atom stereocenters. The van der Waals surface area contributed by atoms with E-state index in [-0.39, 0.29) is 11.8 Å². The minimum Gasteiger partial charge on any atom is -0.312 e. The van der Waals surface area contributed by atoms with E-state index in [1.54, 1.807) is 18.7 Å². The number of hydrogen-bond acceptors (Lipinski definition) is 3. The van der Waals surface area contributed by atoms with Gasteiger partial charge in [-0.25, -0.2) is 0 Å². The van der Waals surface area contributed by atoms with Crippen LogP contribution in [-0.4, -0.2) is 30.6 Å². The third-order valence-corrected chi connectivity index (χ3v) is 4.85. The van der Waals surface area contributed by atoms with Crippen LogP contribution in [0.3, 0.4) is 0 Å². The zero-order valence-electron chi connectivity index (χ0n) is 14.3. The molecule has 24 heavy (non-hydrogen) atoms. The van der Waals surface area contributed by atoms with Crippen molar-refractivity contribution in [2.24, 2.45) is 0 Å². The predicted octanol–water partition coefficient (Wildman–Crippen LogP) is 3.30. The molecule has 3 rings (SSSR count). The van der Waals surface area contributed by atoms with Crippen LogP contribution in [0, 0.1) is 5.41 Å². The van der Waals surface area contributed by atoms with Crippen LogP contribution in [-0.2, 0) is 9.59 Å². The molecular formula is C19H23N3O2. The molecule has 0 saturated carbocycles. The van der Waals surface area contributed by atoms with Gasteiger partial charge >= 0.3 is 0 Å². The normalized spacial score (nSPS) is 19.1. The first-order chi connectivity index (χ1) is 11.5. The van der Waals surface area contributed by atoms with Crippen LogP contribution in [0.25, 0.3) is 0 Å². The van der Waals surface area contributed by atoms with Gasteiger partial charge in [-0.1, -0.05) is 0 Å². The number of carbonyl (C=O) groups excluding carboxylic acids is 2. The lowest BCUT2D eigenvalue weighted by atomic mass is 9.96. The van der Waals surface area contributed by atoms with E-state index < -0.39 is 0 Å². The summed E-state index contributed by atoms with van der Waals surface area (Å²) in [5, 5.41) is 7.77. The topological polar surface area (TPSA) is 64.5 Å². The Morgan fingerprint density at radius 1 is 0.958 bits per heavy atom. The second-order valence-electron chi connectivity index (χ2n) is 6.45. The standard InChI is InChI=1S/C19H23N3O2/c1-13-17(14(2)20)10-12-22(19(13)24)16-8-6-15(7-9-16)21-11-4-3-5-18(21)23/h6-9,20H,3-5,10-12H2,1-2H3. The summed E-state index contributed by atoms with van der Waals surface area (Å²) in [6, 6.07) is 7.65. The second kappa shape index (κ2) is 6.59. The smallest absolute Gasteiger partial charge is 0.254 e. The summed E-state index contributed by atoms with van der Waals surface area (Å²) >= 11 is 0. The number of carbonyl (C=O) groups is 2. The van der Waals surface area contributed by atoms with Crippen molar-refractivity contribution in [2.45, 2.75) is 39.5 Å². The van der Waals surface area contributed by atoms with E-state index in [1.807, 2.05) is 29.2 Å². The van der Waals surface area contributed by atoms with Crippen molar-refractivity contribution in [3.63, 3.8) is 0 Å². The monoisotopic (exact) mass is 325 g/mol. The Kier molecular flexibility index (Phi) is 4.51. The fraction of sp³-hybridized carbons (Fsp3) is 0.421. The fourth-order valence-corrected chi connectivity index (χ4v) is 3.45. The van der Waals surface area contributed by atoms with Gasteiger partial charge < -0.3 is 15.2 Å². The summed E-state index contributed by atoms with van der Waals surface area (Å²) in [7, 11) is 0. The van der Waals surface area contributed by atoms with Gasteiger partial charge in [-0.15, -0.1) is 0 Å². The van der Waals surface area contributed by atoms with Crippen LogP contribution < -0.4 is 9.80 Å². The molecule has 2 heterocycles. The van der Waals surface area contributed by atoms with Gasteiger partial charge in [0.05, 0.1) is 0 Å². The van der Waals surface area contributed by atoms with Gasteiger partial charge in [-0.05, 0) is 62.9 Å². The van der Waals surface area contributed by atoms with Crippen molar-refractivity contribution in [2.75, 3.05) is 22.9 Å². The number of nitrogens with zero attached hydrogens (tertiary/aromatic N) is 2. The van der Waals surface area contributed by atoms with Gasteiger partial charge in [0.15, 0.2) is 0 Å². The van der Waals surface area contributed by atoms with Gasteiger partial charge in [0.2, 0.25) is 5.91 Å². The highest BCUT2D eigenvalue weighted by molar-refractivity contribution is 6.13. The summed E-state index contributed by atoms with van der Waals surface area (Å²) in [5.41, 5.74) is 3.72. The van der Waals surface area contributed by atoms with E-state index in [4.69, 9.17) is 5.41 Å². The Bertz CT molecular complexity index is 719. The Balaban J connectivity index is 1.80. The maximum Gasteiger partial charge on any atom is 0.254 e. The Labute approximate surface area is 142 Å². The molecule has 5 nitrogen and oxygen atoms in total. The first kappa shape index (κ1) is 16.4. The average Bonchev–Trinajstić information content (AvgIpc) is 2.58. The average molecular weight is 325 g/mol. The molecule has 0 bridgehead atoms. The molecule has 1 aromatic rings. The minimum absolute atomic E-state index is 0.0374. The summed E-state index contributed by atoms with van der Waals surface area (Å²) in [5.74, 6) is 0.137. The van der Waals surface area contributed by atoms with Gasteiger partial charge in [0.25, 0.3) is 5.91 Å². The number of nitrogens with one attached hydrogen (secondary N) is 1. The van der Waals surface area contributed by atoms with E-state index in [2.05, 4.69) is 0 Å².